The molecule has 2 heterocycles. The number of piperidine rings is 1. The second-order valence-electron chi connectivity index (χ2n) is 5.85. The first-order chi connectivity index (χ1) is 10.8. The van der Waals surface area contributed by atoms with E-state index in [0.29, 0.717) is 6.04 Å². The molecule has 0 amide bonds. The van der Waals surface area contributed by atoms with Crippen molar-refractivity contribution in [1.82, 2.24) is 10.2 Å². The Morgan fingerprint density at radius 3 is 2.64 bits per heavy atom. The molecule has 0 radical (unpaired) electrons. The maximum absolute atomic E-state index is 6.22. The third-order valence-corrected chi connectivity index (χ3v) is 4.68. The fourth-order valence-corrected chi connectivity index (χ4v) is 3.31. The van der Waals surface area contributed by atoms with Crippen LogP contribution in [0.1, 0.15) is 36.6 Å². The highest BCUT2D eigenvalue weighted by molar-refractivity contribution is 6.31. The van der Waals surface area contributed by atoms with Crippen molar-refractivity contribution in [3.63, 3.8) is 0 Å². The molecule has 1 fully saturated rings. The van der Waals surface area contributed by atoms with Crippen LogP contribution in [-0.4, -0.2) is 24.5 Å². The molecule has 2 aromatic rings. The highest BCUT2D eigenvalue weighted by atomic mass is 35.5. The van der Waals surface area contributed by atoms with E-state index in [4.69, 9.17) is 16.0 Å². The number of hydrogen-bond acceptors (Lipinski definition) is 3. The van der Waals surface area contributed by atoms with Gasteiger partial charge in [0.25, 0.3) is 0 Å². The number of hydrogen-bond donors (Lipinski definition) is 1. The monoisotopic (exact) mass is 318 g/mol. The van der Waals surface area contributed by atoms with Crippen LogP contribution < -0.4 is 5.32 Å². The Balaban J connectivity index is 1.62. The van der Waals surface area contributed by atoms with E-state index in [9.17, 15) is 0 Å². The SMILES string of the molecule is Clc1ccccc1CNCC(c1ccco1)N1CCCCC1. The van der Waals surface area contributed by atoms with Gasteiger partial charge in [0.2, 0.25) is 0 Å². The summed E-state index contributed by atoms with van der Waals surface area (Å²) in [6, 6.07) is 12.4. The molecular weight excluding hydrogens is 296 g/mol. The number of rotatable bonds is 6. The molecule has 1 aromatic carbocycles. The zero-order chi connectivity index (χ0) is 15.2. The van der Waals surface area contributed by atoms with Gasteiger partial charge in [-0.05, 0) is 49.7 Å². The summed E-state index contributed by atoms with van der Waals surface area (Å²) in [6.07, 6.45) is 5.66. The molecule has 0 spiro atoms. The lowest BCUT2D eigenvalue weighted by Gasteiger charge is -2.33. The number of benzene rings is 1. The van der Waals surface area contributed by atoms with Gasteiger partial charge in [-0.1, -0.05) is 36.2 Å². The summed E-state index contributed by atoms with van der Waals surface area (Å²) >= 11 is 6.22. The van der Waals surface area contributed by atoms with Gasteiger partial charge in [0.1, 0.15) is 5.76 Å². The minimum absolute atomic E-state index is 0.304. The molecular formula is C18H23ClN2O. The smallest absolute Gasteiger partial charge is 0.122 e. The molecule has 1 N–H and O–H groups in total. The van der Waals surface area contributed by atoms with Crippen molar-refractivity contribution < 1.29 is 4.42 Å². The van der Waals surface area contributed by atoms with Crippen molar-refractivity contribution in [2.75, 3.05) is 19.6 Å². The van der Waals surface area contributed by atoms with E-state index < -0.39 is 0 Å². The van der Waals surface area contributed by atoms with Crippen molar-refractivity contribution in [2.24, 2.45) is 0 Å². The fourth-order valence-electron chi connectivity index (χ4n) is 3.11. The quantitative estimate of drug-likeness (QED) is 0.863. The van der Waals surface area contributed by atoms with Crippen LogP contribution in [-0.2, 0) is 6.54 Å². The highest BCUT2D eigenvalue weighted by Gasteiger charge is 2.23. The second-order valence-corrected chi connectivity index (χ2v) is 6.26. The minimum Gasteiger partial charge on any atom is -0.468 e. The van der Waals surface area contributed by atoms with Crippen LogP contribution in [0.25, 0.3) is 0 Å². The Morgan fingerprint density at radius 1 is 1.09 bits per heavy atom. The summed E-state index contributed by atoms with van der Waals surface area (Å²) < 4.78 is 5.67. The standard InChI is InChI=1S/C18H23ClN2O/c19-16-8-3-2-7-15(16)13-20-14-17(18-9-6-12-22-18)21-10-4-1-5-11-21/h2-3,6-9,12,17,20H,1,4-5,10-11,13-14H2. The average molecular weight is 319 g/mol. The third-order valence-electron chi connectivity index (χ3n) is 4.31. The first-order valence-corrected chi connectivity index (χ1v) is 8.44. The second kappa shape index (κ2) is 7.82. The number of halogens is 1. The lowest BCUT2D eigenvalue weighted by Crippen LogP contribution is -2.38. The maximum Gasteiger partial charge on any atom is 0.122 e. The van der Waals surface area contributed by atoms with Gasteiger partial charge in [0.05, 0.1) is 12.3 Å². The van der Waals surface area contributed by atoms with Crippen LogP contribution in [0.15, 0.2) is 47.1 Å². The van der Waals surface area contributed by atoms with E-state index in [2.05, 4.69) is 22.3 Å². The molecule has 1 aromatic heterocycles. The van der Waals surface area contributed by atoms with Crippen molar-refractivity contribution >= 4 is 11.6 Å². The number of likely N-dealkylation sites (tertiary alicyclic amines) is 1. The minimum atomic E-state index is 0.304. The molecule has 3 nitrogen and oxygen atoms in total. The first kappa shape index (κ1) is 15.6. The number of nitrogens with zero attached hydrogens (tertiary/aromatic N) is 1. The third kappa shape index (κ3) is 3.92. The van der Waals surface area contributed by atoms with Crippen molar-refractivity contribution in [3.8, 4) is 0 Å². The zero-order valence-corrected chi connectivity index (χ0v) is 13.6. The van der Waals surface area contributed by atoms with E-state index in [1.54, 1.807) is 6.26 Å². The van der Waals surface area contributed by atoms with Crippen LogP contribution in [0, 0.1) is 0 Å². The van der Waals surface area contributed by atoms with E-state index in [1.807, 2.05) is 24.3 Å². The van der Waals surface area contributed by atoms with Crippen LogP contribution in [0.4, 0.5) is 0 Å². The number of nitrogens with one attached hydrogen (secondary N) is 1. The lowest BCUT2D eigenvalue weighted by atomic mass is 10.1. The number of furan rings is 1. The molecule has 1 aliphatic heterocycles. The molecule has 118 valence electrons. The highest BCUT2D eigenvalue weighted by Crippen LogP contribution is 2.24. The molecule has 1 aliphatic rings. The van der Waals surface area contributed by atoms with E-state index in [1.165, 1.54) is 19.3 Å². The van der Waals surface area contributed by atoms with Gasteiger partial charge in [0, 0.05) is 18.1 Å². The Kier molecular flexibility index (Phi) is 5.54. The first-order valence-electron chi connectivity index (χ1n) is 8.06. The molecule has 1 atom stereocenters. The van der Waals surface area contributed by atoms with Crippen LogP contribution in [0.5, 0.6) is 0 Å². The molecule has 22 heavy (non-hydrogen) atoms. The van der Waals surface area contributed by atoms with Gasteiger partial charge < -0.3 is 9.73 Å². The lowest BCUT2D eigenvalue weighted by molar-refractivity contribution is 0.142. The van der Waals surface area contributed by atoms with Gasteiger partial charge in [-0.3, -0.25) is 4.90 Å². The summed E-state index contributed by atoms with van der Waals surface area (Å²) in [5.41, 5.74) is 1.14. The fraction of sp³-hybridized carbons (Fsp3) is 0.444. The largest absolute Gasteiger partial charge is 0.468 e. The van der Waals surface area contributed by atoms with Crippen LogP contribution in [0.3, 0.4) is 0 Å². The molecule has 1 unspecified atom stereocenters. The Labute approximate surface area is 137 Å². The van der Waals surface area contributed by atoms with Crippen LogP contribution >= 0.6 is 11.6 Å². The maximum atomic E-state index is 6.22. The van der Waals surface area contributed by atoms with Gasteiger partial charge in [0.15, 0.2) is 0 Å². The Morgan fingerprint density at radius 2 is 1.91 bits per heavy atom. The summed E-state index contributed by atoms with van der Waals surface area (Å²) in [6.45, 7) is 3.96. The Bertz CT molecular complexity index is 564. The van der Waals surface area contributed by atoms with E-state index in [-0.39, 0.29) is 0 Å². The molecule has 3 rings (SSSR count). The molecule has 0 saturated carbocycles. The summed E-state index contributed by atoms with van der Waals surface area (Å²) in [7, 11) is 0. The normalized spacial score (nSPS) is 17.5. The Hall–Kier alpha value is -1.29. The van der Waals surface area contributed by atoms with Crippen molar-refractivity contribution in [3.05, 3.63) is 59.0 Å². The summed E-state index contributed by atoms with van der Waals surface area (Å²) in [5, 5.41) is 4.36. The predicted octanol–water partition coefficient (Wildman–Crippen LogP) is 4.25. The summed E-state index contributed by atoms with van der Waals surface area (Å²) in [4.78, 5) is 2.53. The van der Waals surface area contributed by atoms with Gasteiger partial charge >= 0.3 is 0 Å². The van der Waals surface area contributed by atoms with Crippen LogP contribution in [0.2, 0.25) is 5.02 Å². The van der Waals surface area contributed by atoms with Crippen molar-refractivity contribution in [1.29, 1.82) is 0 Å². The average Bonchev–Trinajstić information content (AvgIpc) is 3.08. The van der Waals surface area contributed by atoms with Gasteiger partial charge in [-0.15, -0.1) is 0 Å². The van der Waals surface area contributed by atoms with E-state index in [0.717, 1.165) is 42.5 Å². The predicted molar refractivity (Wildman–Crippen MR) is 90.0 cm³/mol. The molecule has 4 heteroatoms. The van der Waals surface area contributed by atoms with Gasteiger partial charge in [-0.25, -0.2) is 0 Å². The molecule has 0 bridgehead atoms. The van der Waals surface area contributed by atoms with E-state index >= 15 is 0 Å². The van der Waals surface area contributed by atoms with Gasteiger partial charge in [-0.2, -0.15) is 0 Å². The summed E-state index contributed by atoms with van der Waals surface area (Å²) in [5.74, 6) is 1.05. The topological polar surface area (TPSA) is 28.4 Å². The zero-order valence-electron chi connectivity index (χ0n) is 12.8. The van der Waals surface area contributed by atoms with Crippen molar-refractivity contribution in [2.45, 2.75) is 31.8 Å². The molecule has 1 saturated heterocycles. The molecule has 0 aliphatic carbocycles.